The summed E-state index contributed by atoms with van der Waals surface area (Å²) in [5.41, 5.74) is 2.97. The molecule has 0 aliphatic rings. The zero-order valence-corrected chi connectivity index (χ0v) is 22.6. The topological polar surface area (TPSA) is 171 Å². The van der Waals surface area contributed by atoms with E-state index in [1.807, 2.05) is 0 Å². The number of halogens is 6. The van der Waals surface area contributed by atoms with Crippen molar-refractivity contribution in [2.45, 2.75) is 40.0 Å². The average Bonchev–Trinajstić information content (AvgIpc) is 2.88. The van der Waals surface area contributed by atoms with E-state index in [4.69, 9.17) is 10.4 Å². The Bertz CT molecular complexity index is 1090. The summed E-state index contributed by atoms with van der Waals surface area (Å²) in [5.74, 6) is -6.02. The van der Waals surface area contributed by atoms with E-state index in [-0.39, 0.29) is 29.2 Å². The van der Waals surface area contributed by atoms with E-state index in [1.165, 1.54) is 0 Å². The first-order chi connectivity index (χ1) is 18.4. The van der Waals surface area contributed by atoms with Crippen LogP contribution >= 0.6 is 0 Å². The Hall–Kier alpha value is -4.24. The number of ketones is 2. The predicted molar refractivity (Wildman–Crippen MR) is 126 cm³/mol. The summed E-state index contributed by atoms with van der Waals surface area (Å²) in [7, 11) is 0. The molecule has 2 aromatic heterocycles. The fourth-order valence-corrected chi connectivity index (χ4v) is 1.83. The van der Waals surface area contributed by atoms with Gasteiger partial charge in [-0.05, 0) is 75.6 Å². The van der Waals surface area contributed by atoms with Gasteiger partial charge in [0.15, 0.2) is 11.6 Å². The number of allylic oxidation sites excluding steroid dienone is 4. The van der Waals surface area contributed by atoms with Gasteiger partial charge in [0.2, 0.25) is 0 Å². The molecule has 0 aromatic carbocycles. The second-order valence-electron chi connectivity index (χ2n) is 7.08. The molecule has 2 N–H and O–H groups in total. The number of hydrogen-bond donors (Lipinski definition) is 2. The Morgan fingerprint density at radius 3 is 1.07 bits per heavy atom. The van der Waals surface area contributed by atoms with E-state index in [9.17, 15) is 46.1 Å². The van der Waals surface area contributed by atoms with Gasteiger partial charge in [-0.15, -0.1) is 0 Å². The number of pyridine rings is 2. The summed E-state index contributed by atoms with van der Waals surface area (Å²) in [6, 6.07) is 7.15. The molecule has 2 aromatic rings. The molecular formula is C24H24CuF6N4O6. The van der Waals surface area contributed by atoms with E-state index < -0.39 is 35.4 Å². The number of oxime groups is 2. The fraction of sp³-hybridized carbons (Fsp3) is 0.250. The van der Waals surface area contributed by atoms with Crippen LogP contribution in [-0.4, -0.2) is 55.7 Å². The number of carbonyl (C=O) groups excluding carboxylic acids is 2. The largest absolute Gasteiger partial charge is 2.00 e. The third kappa shape index (κ3) is 21.3. The summed E-state index contributed by atoms with van der Waals surface area (Å²) in [6.07, 6.45) is -3.20. The molecule has 0 spiro atoms. The van der Waals surface area contributed by atoms with E-state index in [2.05, 4.69) is 20.3 Å². The molecule has 2 rings (SSSR count). The van der Waals surface area contributed by atoms with Crippen LogP contribution in [-0.2, 0) is 26.7 Å². The van der Waals surface area contributed by atoms with Crippen molar-refractivity contribution in [3.05, 3.63) is 83.9 Å². The fourth-order valence-electron chi connectivity index (χ4n) is 1.83. The minimum Gasteiger partial charge on any atom is -0.869 e. The maximum atomic E-state index is 11.3. The van der Waals surface area contributed by atoms with E-state index >= 15 is 0 Å². The molecule has 0 saturated heterocycles. The van der Waals surface area contributed by atoms with Crippen LogP contribution in [0.25, 0.3) is 0 Å². The van der Waals surface area contributed by atoms with Crippen LogP contribution in [0.2, 0.25) is 0 Å². The molecule has 229 valence electrons. The molecular weight excluding hydrogens is 618 g/mol. The predicted octanol–water partition coefficient (Wildman–Crippen LogP) is 3.32. The zero-order chi connectivity index (χ0) is 31.5. The molecule has 10 nitrogen and oxygen atoms in total. The van der Waals surface area contributed by atoms with Crippen LogP contribution in [0, 0.1) is 0 Å². The number of carbonyl (C=O) groups is 2. The third-order valence-corrected chi connectivity index (χ3v) is 3.72. The smallest absolute Gasteiger partial charge is 0.869 e. The van der Waals surface area contributed by atoms with Gasteiger partial charge in [-0.2, -0.15) is 26.3 Å². The van der Waals surface area contributed by atoms with Crippen LogP contribution in [0.5, 0.6) is 0 Å². The van der Waals surface area contributed by atoms with Crippen molar-refractivity contribution in [2.75, 3.05) is 0 Å². The van der Waals surface area contributed by atoms with Crippen molar-refractivity contribution < 1.29 is 73.6 Å². The van der Waals surface area contributed by atoms with Crippen LogP contribution < -0.4 is 10.2 Å². The normalized spacial score (nSPS) is 12.1. The van der Waals surface area contributed by atoms with Crippen LogP contribution in [0.3, 0.4) is 0 Å². The molecule has 0 fully saturated rings. The Labute approximate surface area is 240 Å². The van der Waals surface area contributed by atoms with Gasteiger partial charge in [-0.3, -0.25) is 19.6 Å². The molecule has 0 unspecified atom stereocenters. The van der Waals surface area contributed by atoms with Gasteiger partial charge in [0.1, 0.15) is 0 Å². The first kappa shape index (κ1) is 41.2. The summed E-state index contributed by atoms with van der Waals surface area (Å²) in [6.45, 7) is 5.22. The van der Waals surface area contributed by atoms with E-state index in [0.29, 0.717) is 11.4 Å². The zero-order valence-electron chi connectivity index (χ0n) is 21.7. The second-order valence-corrected chi connectivity index (χ2v) is 7.08. The number of alkyl halides is 6. The van der Waals surface area contributed by atoms with Crippen molar-refractivity contribution in [2.24, 2.45) is 10.3 Å². The minimum atomic E-state index is -4.92. The van der Waals surface area contributed by atoms with Crippen molar-refractivity contribution in [1.82, 2.24) is 9.97 Å². The summed E-state index contributed by atoms with van der Waals surface area (Å²) in [4.78, 5) is 27.5. The van der Waals surface area contributed by atoms with Crippen LogP contribution in [0.15, 0.2) is 83.0 Å². The van der Waals surface area contributed by atoms with Crippen molar-refractivity contribution >= 4 is 23.0 Å². The Kier molecular flexibility index (Phi) is 20.8. The molecule has 0 amide bonds. The molecule has 41 heavy (non-hydrogen) atoms. The third-order valence-electron chi connectivity index (χ3n) is 3.72. The summed E-state index contributed by atoms with van der Waals surface area (Å²) in [5, 5.41) is 42.6. The van der Waals surface area contributed by atoms with Gasteiger partial charge in [0.25, 0.3) is 0 Å². The SMILES string of the molecule is C/C(=N\O)c1ccncc1.C/C(=N\O)c1ccncc1.CC(=O)/C=C(\[O-])C(F)(F)F.CC(=O)/C=C(\[O-])C(F)(F)F.[Cu+2]. The quantitative estimate of drug-likeness (QED) is 0.0974. The molecule has 0 atom stereocenters. The molecule has 0 saturated carbocycles. The monoisotopic (exact) mass is 641 g/mol. The maximum absolute atomic E-state index is 11.3. The standard InChI is InChI=1S/2C7H8N2O.2C5H5F3O2.Cu/c2*1-6(9-10)7-2-4-8-5-3-7;2*1-3(9)2-4(10)5(6,7)8;/h2*2-5,10H,1H3;2*2,10H,1H3;/q;;;;+2/p-2/b2*9-6+;2*4-2-;. The molecule has 17 heteroatoms. The first-order valence-corrected chi connectivity index (χ1v) is 10.5. The molecule has 2 heterocycles. The van der Waals surface area contributed by atoms with Crippen molar-refractivity contribution in [1.29, 1.82) is 0 Å². The van der Waals surface area contributed by atoms with Gasteiger partial charge >= 0.3 is 29.4 Å². The molecule has 0 bridgehead atoms. The van der Waals surface area contributed by atoms with Gasteiger partial charge in [-0.25, -0.2) is 0 Å². The Morgan fingerprint density at radius 1 is 0.683 bits per heavy atom. The minimum absolute atomic E-state index is 0. The van der Waals surface area contributed by atoms with Crippen molar-refractivity contribution in [3.8, 4) is 0 Å². The average molecular weight is 642 g/mol. The number of aromatic nitrogens is 2. The number of rotatable bonds is 4. The summed E-state index contributed by atoms with van der Waals surface area (Å²) >= 11 is 0. The maximum Gasteiger partial charge on any atom is 2.00 e. The molecule has 0 aliphatic carbocycles. The van der Waals surface area contributed by atoms with Gasteiger partial charge in [0.05, 0.1) is 11.4 Å². The second kappa shape index (κ2) is 20.6. The Balaban J connectivity index is -0.000000466. The van der Waals surface area contributed by atoms with Crippen LogP contribution in [0.4, 0.5) is 26.3 Å². The summed E-state index contributed by atoms with van der Waals surface area (Å²) < 4.78 is 67.7. The van der Waals surface area contributed by atoms with E-state index in [0.717, 1.165) is 25.0 Å². The number of hydrogen-bond acceptors (Lipinski definition) is 10. The first-order valence-electron chi connectivity index (χ1n) is 10.5. The van der Waals surface area contributed by atoms with Crippen LogP contribution in [0.1, 0.15) is 38.8 Å². The van der Waals surface area contributed by atoms with Gasteiger partial charge in [-0.1, -0.05) is 10.3 Å². The van der Waals surface area contributed by atoms with E-state index in [1.54, 1.807) is 62.9 Å². The van der Waals surface area contributed by atoms with Gasteiger partial charge in [0, 0.05) is 35.9 Å². The molecule has 0 aliphatic heterocycles. The molecule has 1 radical (unpaired) electrons. The Morgan fingerprint density at radius 2 is 0.927 bits per heavy atom. The van der Waals surface area contributed by atoms with Gasteiger partial charge < -0.3 is 20.6 Å². The van der Waals surface area contributed by atoms with Crippen molar-refractivity contribution in [3.63, 3.8) is 0 Å². The number of nitrogens with zero attached hydrogens (tertiary/aromatic N) is 4.